The normalized spacial score (nSPS) is 10.1. The number of hydrogen-bond donors (Lipinski definition) is 0. The molecule has 98 valence electrons. The zero-order valence-electron chi connectivity index (χ0n) is 10.3. The summed E-state index contributed by atoms with van der Waals surface area (Å²) in [6, 6.07) is 19.9. The van der Waals surface area contributed by atoms with E-state index in [-0.39, 0.29) is 40.1 Å². The molecule has 0 aliphatic heterocycles. The first kappa shape index (κ1) is 14.9. The molecule has 0 saturated carbocycles. The Morgan fingerprint density at radius 2 is 1.58 bits per heavy atom. The molecule has 0 aliphatic rings. The molecule has 2 rings (SSSR count). The second-order valence-corrected chi connectivity index (χ2v) is 15.1. The van der Waals surface area contributed by atoms with Gasteiger partial charge in [0.1, 0.15) is 0 Å². The van der Waals surface area contributed by atoms with E-state index < -0.39 is 0 Å². The summed E-state index contributed by atoms with van der Waals surface area (Å²) >= 11 is 0.0202. The van der Waals surface area contributed by atoms with Gasteiger partial charge in [0, 0.05) is 0 Å². The van der Waals surface area contributed by atoms with E-state index in [1.54, 1.807) is 12.1 Å². The van der Waals surface area contributed by atoms with Crippen molar-refractivity contribution in [3.63, 3.8) is 0 Å². The molecule has 0 fully saturated rings. The van der Waals surface area contributed by atoms with Crippen molar-refractivity contribution in [3.8, 4) is 0 Å². The van der Waals surface area contributed by atoms with Crippen LogP contribution >= 0.6 is 0 Å². The summed E-state index contributed by atoms with van der Waals surface area (Å²) in [6.07, 6.45) is 0. The van der Waals surface area contributed by atoms with Gasteiger partial charge in [-0.05, 0) is 0 Å². The van der Waals surface area contributed by atoms with E-state index in [4.69, 9.17) is 4.74 Å². The van der Waals surface area contributed by atoms with E-state index in [0.717, 1.165) is 4.47 Å². The fraction of sp³-hybridized carbons (Fsp3) is 0.133. The molecule has 0 spiro atoms. The molecule has 2 aromatic carbocycles. The van der Waals surface area contributed by atoms with E-state index in [1.165, 1.54) is 3.61 Å². The Kier molecular flexibility index (Phi) is 6.75. The van der Waals surface area contributed by atoms with Gasteiger partial charge in [-0.15, -0.1) is 0 Å². The first-order chi connectivity index (χ1) is 9.36. The molecule has 0 aromatic heterocycles. The van der Waals surface area contributed by atoms with Crippen molar-refractivity contribution in [1.29, 1.82) is 0 Å². The zero-order valence-corrected chi connectivity index (χ0v) is 15.0. The summed E-state index contributed by atoms with van der Waals surface area (Å²) in [5, 5.41) is 0. The first-order valence-corrected chi connectivity index (χ1v) is 16.1. The van der Waals surface area contributed by atoms with Crippen LogP contribution in [0, 0.1) is 0 Å². The van der Waals surface area contributed by atoms with Gasteiger partial charge in [-0.2, -0.15) is 0 Å². The number of carbonyl (C=O) groups is 1. The first-order valence-electron chi connectivity index (χ1n) is 5.93. The van der Waals surface area contributed by atoms with Crippen molar-refractivity contribution in [2.45, 2.75) is 4.47 Å². The van der Waals surface area contributed by atoms with Crippen LogP contribution in [-0.4, -0.2) is 46.7 Å². The molecule has 0 bridgehead atoms. The van der Waals surface area contributed by atoms with E-state index in [2.05, 4.69) is 30.3 Å². The molecule has 19 heavy (non-hydrogen) atoms. The van der Waals surface area contributed by atoms with Crippen molar-refractivity contribution >= 4 is 43.7 Å². The third-order valence-electron chi connectivity index (χ3n) is 2.31. The third kappa shape index (κ3) is 5.55. The molecule has 0 aliphatic carbocycles. The Morgan fingerprint density at radius 1 is 0.947 bits per heavy atom. The summed E-state index contributed by atoms with van der Waals surface area (Å²) in [5.41, 5.74) is 0.641. The van der Waals surface area contributed by atoms with Crippen LogP contribution in [0.25, 0.3) is 0 Å². The van der Waals surface area contributed by atoms with Gasteiger partial charge < -0.3 is 0 Å². The van der Waals surface area contributed by atoms with E-state index in [1.807, 2.05) is 18.2 Å². The molecule has 0 atom stereocenters. The molecule has 2 aromatic rings. The van der Waals surface area contributed by atoms with Crippen LogP contribution in [0.5, 0.6) is 0 Å². The average Bonchev–Trinajstić information content (AvgIpc) is 2.49. The van der Waals surface area contributed by atoms with Crippen LogP contribution in [0.1, 0.15) is 10.4 Å². The van der Waals surface area contributed by atoms with Crippen molar-refractivity contribution in [2.24, 2.45) is 0 Å². The van der Waals surface area contributed by atoms with Crippen LogP contribution in [0.15, 0.2) is 60.7 Å². The van der Waals surface area contributed by atoms with Gasteiger partial charge in [-0.1, -0.05) is 0 Å². The predicted octanol–water partition coefficient (Wildman–Crippen LogP) is 1.91. The maximum absolute atomic E-state index is 11.7. The molecule has 0 radical (unpaired) electrons. The standard InChI is InChI=1S/C15H14O2Te2/c16-15(13-7-3-1-4-8-13)17-11-12-18-19-14-9-5-2-6-10-14/h1-10H,11-12H2. The fourth-order valence-corrected chi connectivity index (χ4v) is 10.9. The summed E-state index contributed by atoms with van der Waals surface area (Å²) in [5.74, 6) is -0.201. The summed E-state index contributed by atoms with van der Waals surface area (Å²) < 4.78 is 7.88. The van der Waals surface area contributed by atoms with Crippen LogP contribution in [-0.2, 0) is 4.74 Å². The van der Waals surface area contributed by atoms with E-state index >= 15 is 0 Å². The molecular weight excluding hydrogens is 467 g/mol. The number of rotatable bonds is 6. The molecule has 0 unspecified atom stereocenters. The molecule has 0 amide bonds. The minimum atomic E-state index is -0.201. The Hall–Kier alpha value is -0.511. The van der Waals surface area contributed by atoms with Crippen molar-refractivity contribution in [1.82, 2.24) is 0 Å². The summed E-state index contributed by atoms with van der Waals surface area (Å²) in [4.78, 5) is 11.7. The number of ether oxygens (including phenoxy) is 1. The van der Waals surface area contributed by atoms with Gasteiger partial charge in [-0.25, -0.2) is 0 Å². The van der Waals surface area contributed by atoms with Gasteiger partial charge in [0.15, 0.2) is 0 Å². The number of hydrogen-bond acceptors (Lipinski definition) is 2. The summed E-state index contributed by atoms with van der Waals surface area (Å²) in [7, 11) is 0. The van der Waals surface area contributed by atoms with Gasteiger partial charge in [0.2, 0.25) is 0 Å². The number of carbonyl (C=O) groups excluding carboxylic acids is 1. The van der Waals surface area contributed by atoms with Crippen molar-refractivity contribution in [3.05, 3.63) is 66.2 Å². The van der Waals surface area contributed by atoms with Gasteiger partial charge in [0.05, 0.1) is 0 Å². The molecule has 0 heterocycles. The molecule has 2 nitrogen and oxygen atoms in total. The van der Waals surface area contributed by atoms with Crippen LogP contribution in [0.2, 0.25) is 4.47 Å². The van der Waals surface area contributed by atoms with Crippen LogP contribution in [0.4, 0.5) is 0 Å². The van der Waals surface area contributed by atoms with Gasteiger partial charge >= 0.3 is 131 Å². The van der Waals surface area contributed by atoms with Gasteiger partial charge in [0.25, 0.3) is 0 Å². The zero-order chi connectivity index (χ0) is 13.3. The fourth-order valence-electron chi connectivity index (χ4n) is 1.41. The van der Waals surface area contributed by atoms with Crippen LogP contribution in [0.3, 0.4) is 0 Å². The quantitative estimate of drug-likeness (QED) is 0.358. The molecule has 4 heteroatoms. The van der Waals surface area contributed by atoms with E-state index in [0.29, 0.717) is 12.2 Å². The van der Waals surface area contributed by atoms with E-state index in [9.17, 15) is 4.79 Å². The molecule has 0 N–H and O–H groups in total. The van der Waals surface area contributed by atoms with Gasteiger partial charge in [-0.3, -0.25) is 0 Å². The van der Waals surface area contributed by atoms with Crippen molar-refractivity contribution < 1.29 is 9.53 Å². The van der Waals surface area contributed by atoms with Crippen molar-refractivity contribution in [2.75, 3.05) is 6.61 Å². The monoisotopic (exact) mass is 486 g/mol. The summed E-state index contributed by atoms with van der Waals surface area (Å²) in [6.45, 7) is 0.577. The number of benzene rings is 2. The molecule has 0 saturated heterocycles. The average molecular weight is 481 g/mol. The predicted molar refractivity (Wildman–Crippen MR) is 79.1 cm³/mol. The minimum absolute atomic E-state index is 0.000916. The maximum atomic E-state index is 11.7. The SMILES string of the molecule is O=C(OCC[Te][Te]c1ccccc1)c1ccccc1. The Morgan fingerprint density at radius 3 is 2.26 bits per heavy atom. The topological polar surface area (TPSA) is 26.3 Å². The second-order valence-electron chi connectivity index (χ2n) is 3.72. The second kappa shape index (κ2) is 8.62. The Bertz CT molecular complexity index is 500. The Balaban J connectivity index is 1.63. The number of esters is 1. The Labute approximate surface area is 129 Å². The van der Waals surface area contributed by atoms with Crippen LogP contribution < -0.4 is 3.61 Å². The molecular formula is C15H14O2Te2. The third-order valence-corrected chi connectivity index (χ3v) is 14.1.